The first-order chi connectivity index (χ1) is 9.29. The molecule has 104 valence electrons. The molecule has 1 fully saturated rings. The highest BCUT2D eigenvalue weighted by molar-refractivity contribution is 5.80. The SMILES string of the molecule is O=C(C1CCc2cn[nH]c2C1)N1CCCCC1CO. The Kier molecular flexibility index (Phi) is 3.55. The zero-order valence-corrected chi connectivity index (χ0v) is 11.1. The number of hydrogen-bond donors (Lipinski definition) is 2. The number of amides is 1. The molecule has 0 saturated carbocycles. The van der Waals surface area contributed by atoms with Gasteiger partial charge in [-0.2, -0.15) is 5.10 Å². The molecule has 1 aliphatic carbocycles. The van der Waals surface area contributed by atoms with E-state index < -0.39 is 0 Å². The number of hydrogen-bond acceptors (Lipinski definition) is 3. The molecule has 3 rings (SSSR count). The largest absolute Gasteiger partial charge is 0.394 e. The molecule has 1 amide bonds. The third kappa shape index (κ3) is 2.39. The number of aliphatic hydroxyl groups excluding tert-OH is 1. The van der Waals surface area contributed by atoms with E-state index in [0.717, 1.165) is 50.8 Å². The number of piperidine rings is 1. The summed E-state index contributed by atoms with van der Waals surface area (Å²) in [6.45, 7) is 0.893. The molecule has 0 spiro atoms. The summed E-state index contributed by atoms with van der Waals surface area (Å²) in [5.41, 5.74) is 2.36. The molecule has 5 heteroatoms. The topological polar surface area (TPSA) is 69.2 Å². The van der Waals surface area contributed by atoms with Gasteiger partial charge in [0.05, 0.1) is 18.8 Å². The summed E-state index contributed by atoms with van der Waals surface area (Å²) in [5, 5.41) is 16.5. The standard InChI is InChI=1S/C14H21N3O2/c18-9-12-3-1-2-6-17(12)14(19)10-4-5-11-8-15-16-13(11)7-10/h8,10,12,18H,1-7,9H2,(H,15,16). The Labute approximate surface area is 113 Å². The number of H-pyrrole nitrogens is 1. The first-order valence-electron chi connectivity index (χ1n) is 7.22. The predicted octanol–water partition coefficient (Wildman–Crippen LogP) is 0.888. The highest BCUT2D eigenvalue weighted by Gasteiger charge is 2.33. The van der Waals surface area contributed by atoms with Crippen molar-refractivity contribution >= 4 is 5.91 Å². The molecular formula is C14H21N3O2. The summed E-state index contributed by atoms with van der Waals surface area (Å²) >= 11 is 0. The first kappa shape index (κ1) is 12.7. The van der Waals surface area contributed by atoms with Gasteiger partial charge in [-0.1, -0.05) is 0 Å². The lowest BCUT2D eigenvalue weighted by molar-refractivity contribution is -0.140. The fraction of sp³-hybridized carbons (Fsp3) is 0.714. The number of carbonyl (C=O) groups excluding carboxylic acids is 1. The highest BCUT2D eigenvalue weighted by atomic mass is 16.3. The van der Waals surface area contributed by atoms with E-state index in [0.29, 0.717) is 0 Å². The monoisotopic (exact) mass is 263 g/mol. The van der Waals surface area contributed by atoms with Gasteiger partial charge in [-0.25, -0.2) is 0 Å². The van der Waals surface area contributed by atoms with Crippen LogP contribution < -0.4 is 0 Å². The Morgan fingerprint density at radius 1 is 1.47 bits per heavy atom. The maximum atomic E-state index is 12.6. The van der Waals surface area contributed by atoms with E-state index in [1.807, 2.05) is 11.1 Å². The molecule has 19 heavy (non-hydrogen) atoms. The Morgan fingerprint density at radius 2 is 2.37 bits per heavy atom. The van der Waals surface area contributed by atoms with Crippen LogP contribution in [-0.2, 0) is 17.6 Å². The predicted molar refractivity (Wildman–Crippen MR) is 70.5 cm³/mol. The first-order valence-corrected chi connectivity index (χ1v) is 7.22. The molecule has 5 nitrogen and oxygen atoms in total. The van der Waals surface area contributed by atoms with E-state index in [4.69, 9.17) is 0 Å². The summed E-state index contributed by atoms with van der Waals surface area (Å²) < 4.78 is 0. The summed E-state index contributed by atoms with van der Waals surface area (Å²) in [5.74, 6) is 0.277. The van der Waals surface area contributed by atoms with Crippen molar-refractivity contribution in [1.82, 2.24) is 15.1 Å². The molecule has 2 N–H and O–H groups in total. The van der Waals surface area contributed by atoms with Crippen molar-refractivity contribution in [3.8, 4) is 0 Å². The van der Waals surface area contributed by atoms with Gasteiger partial charge in [0.25, 0.3) is 0 Å². The zero-order valence-electron chi connectivity index (χ0n) is 11.1. The number of rotatable bonds is 2. The number of carbonyl (C=O) groups is 1. The number of aromatic amines is 1. The lowest BCUT2D eigenvalue weighted by Crippen LogP contribution is -2.49. The minimum atomic E-state index is 0.0319. The maximum absolute atomic E-state index is 12.6. The molecule has 2 aliphatic rings. The third-order valence-corrected chi connectivity index (χ3v) is 4.49. The lowest BCUT2D eigenvalue weighted by atomic mass is 9.86. The van der Waals surface area contributed by atoms with E-state index in [1.165, 1.54) is 5.56 Å². The quantitative estimate of drug-likeness (QED) is 0.832. The molecule has 1 saturated heterocycles. The average molecular weight is 263 g/mol. The molecule has 0 aromatic carbocycles. The van der Waals surface area contributed by atoms with Crippen LogP contribution in [0, 0.1) is 5.92 Å². The number of likely N-dealkylation sites (tertiary alicyclic amines) is 1. The second-order valence-corrected chi connectivity index (χ2v) is 5.68. The van der Waals surface area contributed by atoms with Crippen molar-refractivity contribution in [1.29, 1.82) is 0 Å². The fourth-order valence-electron chi connectivity index (χ4n) is 3.33. The number of aromatic nitrogens is 2. The van der Waals surface area contributed by atoms with E-state index in [2.05, 4.69) is 10.2 Å². The van der Waals surface area contributed by atoms with E-state index >= 15 is 0 Å². The van der Waals surface area contributed by atoms with Gasteiger partial charge in [-0.05, 0) is 37.7 Å². The van der Waals surface area contributed by atoms with Crippen LogP contribution in [0.4, 0.5) is 0 Å². The van der Waals surface area contributed by atoms with Crippen molar-refractivity contribution < 1.29 is 9.90 Å². The number of fused-ring (bicyclic) bond motifs is 1. The average Bonchev–Trinajstić information content (AvgIpc) is 2.93. The van der Waals surface area contributed by atoms with Gasteiger partial charge in [0.2, 0.25) is 5.91 Å². The van der Waals surface area contributed by atoms with Crippen LogP contribution in [-0.4, -0.2) is 45.3 Å². The van der Waals surface area contributed by atoms with Crippen LogP contribution in [0.5, 0.6) is 0 Å². The van der Waals surface area contributed by atoms with Gasteiger partial charge in [-0.3, -0.25) is 9.89 Å². The highest BCUT2D eigenvalue weighted by Crippen LogP contribution is 2.27. The van der Waals surface area contributed by atoms with Crippen molar-refractivity contribution in [3.63, 3.8) is 0 Å². The van der Waals surface area contributed by atoms with Crippen LogP contribution in [0.2, 0.25) is 0 Å². The molecule has 2 atom stereocenters. The van der Waals surface area contributed by atoms with E-state index in [1.54, 1.807) is 0 Å². The molecule has 2 unspecified atom stereocenters. The zero-order chi connectivity index (χ0) is 13.2. The number of nitrogens with zero attached hydrogens (tertiary/aromatic N) is 2. The lowest BCUT2D eigenvalue weighted by Gasteiger charge is -2.37. The summed E-state index contributed by atoms with van der Waals surface area (Å²) in [4.78, 5) is 14.5. The summed E-state index contributed by atoms with van der Waals surface area (Å²) in [6.07, 6.45) is 7.58. The maximum Gasteiger partial charge on any atom is 0.226 e. The van der Waals surface area contributed by atoms with Crippen LogP contribution in [0.3, 0.4) is 0 Å². The van der Waals surface area contributed by atoms with E-state index in [-0.39, 0.29) is 24.5 Å². The van der Waals surface area contributed by atoms with Crippen LogP contribution in [0.15, 0.2) is 6.20 Å². The van der Waals surface area contributed by atoms with Gasteiger partial charge < -0.3 is 10.0 Å². The molecule has 1 aliphatic heterocycles. The van der Waals surface area contributed by atoms with Gasteiger partial charge in [0.15, 0.2) is 0 Å². The van der Waals surface area contributed by atoms with Gasteiger partial charge in [0.1, 0.15) is 0 Å². The minimum Gasteiger partial charge on any atom is -0.394 e. The number of aryl methyl sites for hydroxylation is 1. The van der Waals surface area contributed by atoms with Crippen molar-refractivity contribution in [2.45, 2.75) is 44.6 Å². The second-order valence-electron chi connectivity index (χ2n) is 5.68. The van der Waals surface area contributed by atoms with Crippen molar-refractivity contribution in [2.24, 2.45) is 5.92 Å². The Bertz CT molecular complexity index is 457. The van der Waals surface area contributed by atoms with Crippen molar-refractivity contribution in [3.05, 3.63) is 17.5 Å². The molecule has 2 heterocycles. The van der Waals surface area contributed by atoms with Gasteiger partial charge in [0, 0.05) is 24.6 Å². The minimum absolute atomic E-state index is 0.0319. The number of nitrogens with one attached hydrogen (secondary N) is 1. The second kappa shape index (κ2) is 5.33. The van der Waals surface area contributed by atoms with Crippen LogP contribution in [0.25, 0.3) is 0 Å². The van der Waals surface area contributed by atoms with Gasteiger partial charge in [-0.15, -0.1) is 0 Å². The Hall–Kier alpha value is -1.36. The fourth-order valence-corrected chi connectivity index (χ4v) is 3.33. The molecular weight excluding hydrogens is 242 g/mol. The Morgan fingerprint density at radius 3 is 3.21 bits per heavy atom. The molecule has 1 aromatic heterocycles. The van der Waals surface area contributed by atoms with Crippen LogP contribution >= 0.6 is 0 Å². The molecule has 1 aromatic rings. The normalized spacial score (nSPS) is 27.1. The van der Waals surface area contributed by atoms with Gasteiger partial charge >= 0.3 is 0 Å². The van der Waals surface area contributed by atoms with E-state index in [9.17, 15) is 9.90 Å². The third-order valence-electron chi connectivity index (χ3n) is 4.49. The molecule has 0 bridgehead atoms. The summed E-state index contributed by atoms with van der Waals surface area (Å²) in [7, 11) is 0. The smallest absolute Gasteiger partial charge is 0.226 e. The molecule has 0 radical (unpaired) electrons. The van der Waals surface area contributed by atoms with Crippen LogP contribution in [0.1, 0.15) is 36.9 Å². The summed E-state index contributed by atoms with van der Waals surface area (Å²) in [6, 6.07) is 0.0319. The Balaban J connectivity index is 1.70. The number of aliphatic hydroxyl groups is 1. The van der Waals surface area contributed by atoms with Crippen molar-refractivity contribution in [2.75, 3.05) is 13.2 Å².